The Hall–Kier alpha value is -2.12. The van der Waals surface area contributed by atoms with E-state index in [0.717, 1.165) is 17.9 Å². The average molecular weight is 362 g/mol. The Kier molecular flexibility index (Phi) is 7.87. The van der Waals surface area contributed by atoms with Gasteiger partial charge in [-0.3, -0.25) is 14.5 Å². The Labute approximate surface area is 155 Å². The third kappa shape index (κ3) is 6.00. The van der Waals surface area contributed by atoms with E-state index in [1.54, 1.807) is 4.90 Å². The summed E-state index contributed by atoms with van der Waals surface area (Å²) in [4.78, 5) is 28.3. The minimum Gasteiger partial charge on any atom is -0.494 e. The van der Waals surface area contributed by atoms with E-state index in [9.17, 15) is 9.59 Å². The molecule has 1 saturated heterocycles. The number of anilines is 1. The Balaban J connectivity index is 1.74. The summed E-state index contributed by atoms with van der Waals surface area (Å²) >= 11 is 0. The number of piperazine rings is 1. The smallest absolute Gasteiger partial charge is 0.239 e. The van der Waals surface area contributed by atoms with Crippen LogP contribution in [0.3, 0.4) is 0 Å². The first-order chi connectivity index (χ1) is 12.5. The van der Waals surface area contributed by atoms with Crippen molar-refractivity contribution in [3.8, 4) is 5.75 Å². The standard InChI is InChI=1S/C19H30N4O3/c1-3-5-17(20)19(25)23-12-10-22(11-13-23)14-18(24)21-15-6-8-16(9-7-15)26-4-2/h6-9,17H,3-5,10-14,20H2,1-2H3,(H,21,24). The van der Waals surface area contributed by atoms with Crippen molar-refractivity contribution in [1.29, 1.82) is 0 Å². The molecule has 0 saturated carbocycles. The van der Waals surface area contributed by atoms with Gasteiger partial charge < -0.3 is 20.7 Å². The van der Waals surface area contributed by atoms with Gasteiger partial charge in [-0.1, -0.05) is 13.3 Å². The fourth-order valence-corrected chi connectivity index (χ4v) is 3.00. The number of benzene rings is 1. The third-order valence-electron chi connectivity index (χ3n) is 4.42. The SMILES string of the molecule is CCCC(N)C(=O)N1CCN(CC(=O)Nc2ccc(OCC)cc2)CC1. The number of amides is 2. The van der Waals surface area contributed by atoms with Crippen LogP contribution in [0.2, 0.25) is 0 Å². The second kappa shape index (κ2) is 10.1. The van der Waals surface area contributed by atoms with Crippen molar-refractivity contribution in [2.24, 2.45) is 5.73 Å². The van der Waals surface area contributed by atoms with Crippen molar-refractivity contribution >= 4 is 17.5 Å². The molecule has 3 N–H and O–H groups in total. The van der Waals surface area contributed by atoms with Gasteiger partial charge in [0.15, 0.2) is 0 Å². The molecular weight excluding hydrogens is 332 g/mol. The number of hydrogen-bond donors (Lipinski definition) is 2. The van der Waals surface area contributed by atoms with Crippen LogP contribution >= 0.6 is 0 Å². The van der Waals surface area contributed by atoms with Crippen molar-refractivity contribution in [2.45, 2.75) is 32.7 Å². The van der Waals surface area contributed by atoms with E-state index >= 15 is 0 Å². The van der Waals surface area contributed by atoms with E-state index < -0.39 is 6.04 Å². The highest BCUT2D eigenvalue weighted by molar-refractivity contribution is 5.92. The lowest BCUT2D eigenvalue weighted by Crippen LogP contribution is -2.54. The minimum absolute atomic E-state index is 0.0188. The second-order valence-corrected chi connectivity index (χ2v) is 6.50. The van der Waals surface area contributed by atoms with Crippen molar-refractivity contribution in [3.05, 3.63) is 24.3 Å². The number of nitrogens with one attached hydrogen (secondary N) is 1. The number of ether oxygens (including phenoxy) is 1. The first kappa shape index (κ1) is 20.2. The zero-order valence-electron chi connectivity index (χ0n) is 15.7. The number of rotatable bonds is 8. The van der Waals surface area contributed by atoms with Crippen LogP contribution in [0.25, 0.3) is 0 Å². The van der Waals surface area contributed by atoms with E-state index in [1.165, 1.54) is 0 Å². The molecule has 0 aromatic heterocycles. The van der Waals surface area contributed by atoms with Crippen LogP contribution in [0.1, 0.15) is 26.7 Å². The molecule has 2 rings (SSSR count). The summed E-state index contributed by atoms with van der Waals surface area (Å²) < 4.78 is 5.39. The first-order valence-electron chi connectivity index (χ1n) is 9.33. The van der Waals surface area contributed by atoms with E-state index in [1.807, 2.05) is 38.1 Å². The van der Waals surface area contributed by atoms with Gasteiger partial charge in [0, 0.05) is 31.9 Å². The van der Waals surface area contributed by atoms with Crippen LogP contribution in [-0.4, -0.2) is 67.0 Å². The van der Waals surface area contributed by atoms with Gasteiger partial charge in [-0.05, 0) is 37.6 Å². The Morgan fingerprint density at radius 3 is 2.38 bits per heavy atom. The fourth-order valence-electron chi connectivity index (χ4n) is 3.00. The van der Waals surface area contributed by atoms with Crippen LogP contribution in [0.5, 0.6) is 5.75 Å². The summed E-state index contributed by atoms with van der Waals surface area (Å²) in [7, 11) is 0. The zero-order valence-corrected chi connectivity index (χ0v) is 15.7. The van der Waals surface area contributed by atoms with E-state index in [-0.39, 0.29) is 11.8 Å². The highest BCUT2D eigenvalue weighted by atomic mass is 16.5. The molecule has 1 aliphatic heterocycles. The maximum Gasteiger partial charge on any atom is 0.239 e. The Morgan fingerprint density at radius 1 is 1.15 bits per heavy atom. The van der Waals surface area contributed by atoms with Gasteiger partial charge in [0.05, 0.1) is 19.2 Å². The molecule has 1 fully saturated rings. The Morgan fingerprint density at radius 2 is 1.81 bits per heavy atom. The molecule has 1 unspecified atom stereocenters. The molecule has 0 bridgehead atoms. The summed E-state index contributed by atoms with van der Waals surface area (Å²) in [5.41, 5.74) is 6.66. The van der Waals surface area contributed by atoms with E-state index in [4.69, 9.17) is 10.5 Å². The quantitative estimate of drug-likeness (QED) is 0.728. The molecule has 0 spiro atoms. The summed E-state index contributed by atoms with van der Waals surface area (Å²) in [6, 6.07) is 6.92. The molecule has 7 heteroatoms. The molecule has 1 aromatic carbocycles. The van der Waals surface area contributed by atoms with Gasteiger partial charge in [0.25, 0.3) is 0 Å². The molecule has 1 aromatic rings. The zero-order chi connectivity index (χ0) is 18.9. The van der Waals surface area contributed by atoms with Gasteiger partial charge in [-0.2, -0.15) is 0 Å². The molecule has 0 radical (unpaired) electrons. The Bertz CT molecular complexity index is 583. The van der Waals surface area contributed by atoms with Crippen molar-refractivity contribution in [3.63, 3.8) is 0 Å². The number of hydrogen-bond acceptors (Lipinski definition) is 5. The fraction of sp³-hybridized carbons (Fsp3) is 0.579. The molecular formula is C19H30N4O3. The summed E-state index contributed by atoms with van der Waals surface area (Å²) in [5, 5.41) is 2.89. The average Bonchev–Trinajstić information content (AvgIpc) is 2.64. The lowest BCUT2D eigenvalue weighted by Gasteiger charge is -2.35. The van der Waals surface area contributed by atoms with Gasteiger partial charge in [-0.15, -0.1) is 0 Å². The predicted octanol–water partition coefficient (Wildman–Crippen LogP) is 1.30. The van der Waals surface area contributed by atoms with Crippen molar-refractivity contribution < 1.29 is 14.3 Å². The number of carbonyl (C=O) groups is 2. The molecule has 1 atom stereocenters. The van der Waals surface area contributed by atoms with Crippen molar-refractivity contribution in [1.82, 2.24) is 9.80 Å². The summed E-state index contributed by atoms with van der Waals surface area (Å²) in [5.74, 6) is 0.745. The normalized spacial score (nSPS) is 16.2. The first-order valence-corrected chi connectivity index (χ1v) is 9.33. The lowest BCUT2D eigenvalue weighted by molar-refractivity contribution is -0.134. The molecule has 2 amide bonds. The maximum absolute atomic E-state index is 12.2. The van der Waals surface area contributed by atoms with E-state index in [2.05, 4.69) is 10.2 Å². The third-order valence-corrected chi connectivity index (χ3v) is 4.42. The molecule has 1 aliphatic rings. The van der Waals surface area contributed by atoms with Gasteiger partial charge in [-0.25, -0.2) is 0 Å². The number of nitrogens with zero attached hydrogens (tertiary/aromatic N) is 2. The molecule has 1 heterocycles. The lowest BCUT2D eigenvalue weighted by atomic mass is 10.1. The van der Waals surface area contributed by atoms with E-state index in [0.29, 0.717) is 45.8 Å². The van der Waals surface area contributed by atoms with Crippen LogP contribution in [0, 0.1) is 0 Å². The van der Waals surface area contributed by atoms with Crippen molar-refractivity contribution in [2.75, 3.05) is 44.6 Å². The van der Waals surface area contributed by atoms with Gasteiger partial charge >= 0.3 is 0 Å². The van der Waals surface area contributed by atoms with Crippen LogP contribution in [0.15, 0.2) is 24.3 Å². The highest BCUT2D eigenvalue weighted by Crippen LogP contribution is 2.15. The monoisotopic (exact) mass is 362 g/mol. The topological polar surface area (TPSA) is 87.9 Å². The van der Waals surface area contributed by atoms with Crippen LogP contribution in [0.4, 0.5) is 5.69 Å². The number of carbonyl (C=O) groups excluding carboxylic acids is 2. The van der Waals surface area contributed by atoms with Gasteiger partial charge in [0.1, 0.15) is 5.75 Å². The molecule has 144 valence electrons. The van der Waals surface area contributed by atoms with Crippen LogP contribution in [-0.2, 0) is 9.59 Å². The summed E-state index contributed by atoms with van der Waals surface area (Å²) in [6.45, 7) is 7.48. The highest BCUT2D eigenvalue weighted by Gasteiger charge is 2.25. The maximum atomic E-state index is 12.2. The molecule has 26 heavy (non-hydrogen) atoms. The second-order valence-electron chi connectivity index (χ2n) is 6.50. The summed E-state index contributed by atoms with van der Waals surface area (Å²) in [6.07, 6.45) is 1.61. The van der Waals surface area contributed by atoms with Crippen LogP contribution < -0.4 is 15.8 Å². The molecule has 7 nitrogen and oxygen atoms in total. The predicted molar refractivity (Wildman–Crippen MR) is 102 cm³/mol. The molecule has 0 aliphatic carbocycles. The number of nitrogens with two attached hydrogens (primary N) is 1. The van der Waals surface area contributed by atoms with Gasteiger partial charge in [0.2, 0.25) is 11.8 Å². The minimum atomic E-state index is -0.408. The largest absolute Gasteiger partial charge is 0.494 e.